The summed E-state index contributed by atoms with van der Waals surface area (Å²) in [7, 11) is 0. The molecule has 31 heavy (non-hydrogen) atoms. The van der Waals surface area contributed by atoms with Gasteiger partial charge in [0.1, 0.15) is 5.78 Å². The number of nitrogens with zero attached hydrogens (tertiary/aromatic N) is 2. The first kappa shape index (κ1) is 24.9. The predicted octanol–water partition coefficient (Wildman–Crippen LogP) is 7.07. The Balaban J connectivity index is 0.000000222. The number of unbranched alkanes of at least 4 members (excludes halogenated alkanes) is 2. The van der Waals surface area contributed by atoms with E-state index in [1.54, 1.807) is 6.20 Å². The second kappa shape index (κ2) is 13.9. The maximum absolute atomic E-state index is 11.5. The van der Waals surface area contributed by atoms with Crippen molar-refractivity contribution in [2.45, 2.75) is 25.7 Å². The molecule has 0 N–H and O–H groups in total. The first-order valence-corrected chi connectivity index (χ1v) is 11.3. The van der Waals surface area contributed by atoms with E-state index in [2.05, 4.69) is 38.0 Å². The summed E-state index contributed by atoms with van der Waals surface area (Å²) in [5.41, 5.74) is 4.80. The molecule has 0 aliphatic heterocycles. The molecule has 0 bridgehead atoms. The van der Waals surface area contributed by atoms with Crippen molar-refractivity contribution in [2.75, 3.05) is 5.33 Å². The number of rotatable bonds is 8. The van der Waals surface area contributed by atoms with Gasteiger partial charge in [0, 0.05) is 28.6 Å². The van der Waals surface area contributed by atoms with Gasteiger partial charge >= 0.3 is 0 Å². The smallest absolute Gasteiger partial charge is 0.108 e. The standard InChI is InChI=1S/C15H11N2.C11H14BrO.Fe/c1-2-7-12(6-1)13-9-5-10-15(17-13)14-8-3-4-11-16-14;12-9-5-1-2-8-11(13)10-6-3-4-7-10;/h1-11H;3-4,6-7H,1-2,5,8-9H2;/q2*-1;. The minimum absolute atomic E-state index is 0. The molecule has 0 aliphatic rings. The number of Topliss-reactive ketones (excluding diaryl/α,β-unsaturated/α-hetero) is 1. The molecule has 5 heteroatoms. The molecule has 0 saturated heterocycles. The molecule has 0 atom stereocenters. The van der Waals surface area contributed by atoms with E-state index in [-0.39, 0.29) is 22.9 Å². The molecule has 0 spiro atoms. The molecule has 4 rings (SSSR count). The van der Waals surface area contributed by atoms with Gasteiger partial charge in [-0.25, -0.2) is 12.1 Å². The molecule has 2 heterocycles. The van der Waals surface area contributed by atoms with E-state index < -0.39 is 0 Å². The van der Waals surface area contributed by atoms with E-state index in [0.29, 0.717) is 6.42 Å². The Morgan fingerprint density at radius 3 is 2.19 bits per heavy atom. The number of alkyl halides is 1. The van der Waals surface area contributed by atoms with Crippen molar-refractivity contribution in [3.8, 4) is 22.6 Å². The third-order valence-corrected chi connectivity index (χ3v) is 5.22. The number of hydrogen-bond donors (Lipinski definition) is 0. The second-order valence-corrected chi connectivity index (χ2v) is 7.69. The van der Waals surface area contributed by atoms with Crippen molar-refractivity contribution in [1.82, 2.24) is 9.97 Å². The van der Waals surface area contributed by atoms with Crippen molar-refractivity contribution in [3.63, 3.8) is 0 Å². The minimum Gasteiger partial charge on any atom is -0.309 e. The van der Waals surface area contributed by atoms with Crippen LogP contribution in [0, 0.1) is 0 Å². The van der Waals surface area contributed by atoms with Crippen LogP contribution < -0.4 is 0 Å². The average molecular weight is 517 g/mol. The van der Waals surface area contributed by atoms with E-state index in [1.807, 2.05) is 72.8 Å². The molecule has 2 aromatic carbocycles. The number of halogens is 1. The third kappa shape index (κ3) is 8.02. The van der Waals surface area contributed by atoms with Gasteiger partial charge in [-0.1, -0.05) is 45.6 Å². The van der Waals surface area contributed by atoms with Gasteiger partial charge in [-0.3, -0.25) is 9.97 Å². The van der Waals surface area contributed by atoms with Crippen molar-refractivity contribution in [3.05, 3.63) is 96.7 Å². The molecule has 0 fully saturated rings. The molecular weight excluding hydrogens is 492 g/mol. The zero-order valence-corrected chi connectivity index (χ0v) is 19.9. The minimum atomic E-state index is 0. The first-order valence-electron chi connectivity index (χ1n) is 10.2. The van der Waals surface area contributed by atoms with Gasteiger partial charge in [-0.2, -0.15) is 24.3 Å². The summed E-state index contributed by atoms with van der Waals surface area (Å²) in [5, 5.41) is 1.04. The Kier molecular flexibility index (Phi) is 11.2. The Labute approximate surface area is 203 Å². The summed E-state index contributed by atoms with van der Waals surface area (Å²) in [6.07, 6.45) is 5.78. The maximum atomic E-state index is 11.5. The largest absolute Gasteiger partial charge is 0.309 e. The molecule has 4 aromatic rings. The fourth-order valence-corrected chi connectivity index (χ4v) is 3.45. The SMILES string of the molecule is O=C(CCCCCBr)[c-]1cccc1.[Fe].c1ccc(-c2cccc(-[c-]3cccc3)n2)nc1. The van der Waals surface area contributed by atoms with E-state index in [4.69, 9.17) is 0 Å². The second-order valence-electron chi connectivity index (χ2n) is 6.89. The van der Waals surface area contributed by atoms with Gasteiger partial charge in [-0.15, -0.1) is 18.2 Å². The fraction of sp³-hybridized carbons (Fsp3) is 0.192. The zero-order valence-electron chi connectivity index (χ0n) is 17.2. The van der Waals surface area contributed by atoms with Crippen molar-refractivity contribution in [1.29, 1.82) is 0 Å². The summed E-state index contributed by atoms with van der Waals surface area (Å²) in [6.45, 7) is 0. The zero-order chi connectivity index (χ0) is 21.0. The van der Waals surface area contributed by atoms with Crippen molar-refractivity contribution >= 4 is 21.7 Å². The van der Waals surface area contributed by atoms with Crippen LogP contribution in [0.15, 0.2) is 91.1 Å². The van der Waals surface area contributed by atoms with Crippen LogP contribution in [-0.2, 0) is 17.1 Å². The predicted molar refractivity (Wildman–Crippen MR) is 127 cm³/mol. The van der Waals surface area contributed by atoms with Crippen molar-refractivity contribution < 1.29 is 21.9 Å². The van der Waals surface area contributed by atoms with Gasteiger partial charge in [0.25, 0.3) is 0 Å². The Hall–Kier alpha value is -2.33. The van der Waals surface area contributed by atoms with Crippen LogP contribution in [0.1, 0.15) is 36.0 Å². The van der Waals surface area contributed by atoms with E-state index in [0.717, 1.165) is 52.8 Å². The molecule has 2 aromatic heterocycles. The fourth-order valence-electron chi connectivity index (χ4n) is 3.06. The van der Waals surface area contributed by atoms with E-state index in [9.17, 15) is 4.79 Å². The number of carbonyl (C=O) groups is 1. The van der Waals surface area contributed by atoms with Crippen LogP contribution in [0.3, 0.4) is 0 Å². The number of pyridine rings is 2. The van der Waals surface area contributed by atoms with Crippen LogP contribution >= 0.6 is 15.9 Å². The summed E-state index contributed by atoms with van der Waals surface area (Å²) in [4.78, 5) is 20.4. The number of ketones is 1. The molecule has 0 saturated carbocycles. The van der Waals surface area contributed by atoms with Crippen molar-refractivity contribution in [2.24, 2.45) is 0 Å². The molecular formula is C26H25BrFeN2O-2. The molecule has 162 valence electrons. The van der Waals surface area contributed by atoms with Gasteiger partial charge in [0.2, 0.25) is 0 Å². The molecule has 0 unspecified atom stereocenters. The van der Waals surface area contributed by atoms with E-state index in [1.165, 1.54) is 0 Å². The monoisotopic (exact) mass is 516 g/mol. The van der Waals surface area contributed by atoms with Gasteiger partial charge in [-0.05, 0) is 43.2 Å². The molecule has 0 aliphatic carbocycles. The third-order valence-electron chi connectivity index (χ3n) is 4.66. The Morgan fingerprint density at radius 1 is 0.806 bits per heavy atom. The van der Waals surface area contributed by atoms with Crippen LogP contribution in [0.2, 0.25) is 0 Å². The average Bonchev–Trinajstić information content (AvgIpc) is 3.52. The van der Waals surface area contributed by atoms with Gasteiger partial charge in [0.15, 0.2) is 0 Å². The quantitative estimate of drug-likeness (QED) is 0.0826. The summed E-state index contributed by atoms with van der Waals surface area (Å²) >= 11 is 3.37. The summed E-state index contributed by atoms with van der Waals surface area (Å²) in [5.74, 6) is 0.277. The molecule has 0 radical (unpaired) electrons. The molecule has 3 nitrogen and oxygen atoms in total. The van der Waals surface area contributed by atoms with Gasteiger partial charge in [0.05, 0.1) is 11.4 Å². The normalized spacial score (nSPS) is 9.97. The number of carbonyl (C=O) groups excluding carboxylic acids is 1. The number of hydrogen-bond acceptors (Lipinski definition) is 3. The van der Waals surface area contributed by atoms with E-state index >= 15 is 0 Å². The summed E-state index contributed by atoms with van der Waals surface area (Å²) < 4.78 is 0. The topological polar surface area (TPSA) is 42.9 Å². The van der Waals surface area contributed by atoms with Crippen LogP contribution in [0.5, 0.6) is 0 Å². The van der Waals surface area contributed by atoms with Crippen LogP contribution in [-0.4, -0.2) is 21.1 Å². The van der Waals surface area contributed by atoms with Gasteiger partial charge < -0.3 is 4.79 Å². The Morgan fingerprint density at radius 2 is 1.52 bits per heavy atom. The maximum Gasteiger partial charge on any atom is 0.108 e. The van der Waals surface area contributed by atoms with Crippen LogP contribution in [0.25, 0.3) is 22.6 Å². The first-order chi connectivity index (χ1) is 14.8. The summed E-state index contributed by atoms with van der Waals surface area (Å²) in [6, 6.07) is 27.6. The Bertz CT molecular complexity index is 999. The molecule has 0 amide bonds. The number of aromatic nitrogens is 2. The van der Waals surface area contributed by atoms with Crippen LogP contribution in [0.4, 0.5) is 0 Å².